The number of ether oxygens (including phenoxy) is 1. The molecular formula is C12H13Cl2NO5S. The van der Waals surface area contributed by atoms with Gasteiger partial charge in [-0.1, -0.05) is 23.2 Å². The minimum Gasteiger partial charge on any atom is -0.478 e. The van der Waals surface area contributed by atoms with Crippen LogP contribution < -0.4 is 0 Å². The number of hydrogen-bond acceptors (Lipinski definition) is 4. The van der Waals surface area contributed by atoms with Crippen molar-refractivity contribution in [2.45, 2.75) is 11.3 Å². The van der Waals surface area contributed by atoms with Gasteiger partial charge in [0.1, 0.15) is 4.90 Å². The van der Waals surface area contributed by atoms with Gasteiger partial charge in [0.15, 0.2) is 0 Å². The number of carboxylic acids is 1. The zero-order valence-electron chi connectivity index (χ0n) is 10.9. The Bertz CT molecular complexity index is 654. The highest BCUT2D eigenvalue weighted by molar-refractivity contribution is 7.89. The lowest BCUT2D eigenvalue weighted by molar-refractivity contribution is 0.0697. The normalized spacial score (nSPS) is 17.4. The van der Waals surface area contributed by atoms with Gasteiger partial charge in [-0.15, -0.1) is 0 Å². The largest absolute Gasteiger partial charge is 0.478 e. The average molecular weight is 354 g/mol. The molecule has 1 aromatic carbocycles. The summed E-state index contributed by atoms with van der Waals surface area (Å²) in [6, 6.07) is 2.29. The summed E-state index contributed by atoms with van der Waals surface area (Å²) in [6.45, 7) is 1.24. The summed E-state index contributed by atoms with van der Waals surface area (Å²) in [4.78, 5) is 10.8. The van der Waals surface area contributed by atoms with Gasteiger partial charge in [-0.05, 0) is 18.6 Å². The molecule has 0 atom stereocenters. The third kappa shape index (κ3) is 3.49. The molecule has 1 aliphatic rings. The van der Waals surface area contributed by atoms with Crippen molar-refractivity contribution >= 4 is 39.2 Å². The quantitative estimate of drug-likeness (QED) is 0.899. The number of rotatable bonds is 3. The molecule has 1 fully saturated rings. The van der Waals surface area contributed by atoms with Crippen LogP contribution in [-0.2, 0) is 14.8 Å². The molecule has 0 saturated carbocycles. The minimum absolute atomic E-state index is 0.00134. The molecular weight excluding hydrogens is 341 g/mol. The van der Waals surface area contributed by atoms with Gasteiger partial charge in [0.2, 0.25) is 10.0 Å². The van der Waals surface area contributed by atoms with Gasteiger partial charge in [-0.3, -0.25) is 0 Å². The fourth-order valence-corrected chi connectivity index (χ4v) is 4.35. The fourth-order valence-electron chi connectivity index (χ4n) is 2.01. The highest BCUT2D eigenvalue weighted by atomic mass is 35.5. The Morgan fingerprint density at radius 1 is 1.24 bits per heavy atom. The molecule has 9 heteroatoms. The van der Waals surface area contributed by atoms with Crippen LogP contribution in [0.1, 0.15) is 16.8 Å². The van der Waals surface area contributed by atoms with Gasteiger partial charge in [0.05, 0.1) is 17.2 Å². The summed E-state index contributed by atoms with van der Waals surface area (Å²) >= 11 is 11.8. The number of hydrogen-bond donors (Lipinski definition) is 1. The maximum Gasteiger partial charge on any atom is 0.337 e. The number of sulfonamides is 1. The molecule has 1 N–H and O–H groups in total. The predicted octanol–water partition coefficient (Wildman–Crippen LogP) is 2.10. The molecule has 6 nitrogen and oxygen atoms in total. The summed E-state index contributed by atoms with van der Waals surface area (Å²) in [5.74, 6) is -1.34. The Balaban J connectivity index is 2.51. The second-order valence-corrected chi connectivity index (χ2v) is 7.16. The highest BCUT2D eigenvalue weighted by Gasteiger charge is 2.30. The van der Waals surface area contributed by atoms with Crippen LogP contribution in [0.5, 0.6) is 0 Å². The summed E-state index contributed by atoms with van der Waals surface area (Å²) < 4.78 is 31.7. The Hall–Kier alpha value is -0.860. The van der Waals surface area contributed by atoms with Crippen LogP contribution in [0.3, 0.4) is 0 Å². The Kier molecular flexibility index (Phi) is 5.11. The van der Waals surface area contributed by atoms with Crippen LogP contribution in [0.4, 0.5) is 0 Å². The van der Waals surface area contributed by atoms with Crippen LogP contribution in [0, 0.1) is 0 Å². The van der Waals surface area contributed by atoms with Crippen molar-refractivity contribution in [1.82, 2.24) is 4.31 Å². The molecule has 0 aliphatic carbocycles. The monoisotopic (exact) mass is 353 g/mol. The smallest absolute Gasteiger partial charge is 0.337 e. The molecule has 0 radical (unpaired) electrons. The lowest BCUT2D eigenvalue weighted by Gasteiger charge is -2.20. The molecule has 2 rings (SSSR count). The van der Waals surface area contributed by atoms with Crippen molar-refractivity contribution in [3.05, 3.63) is 27.7 Å². The summed E-state index contributed by atoms with van der Waals surface area (Å²) in [5, 5.41) is 8.73. The van der Waals surface area contributed by atoms with Gasteiger partial charge in [0, 0.05) is 24.7 Å². The first kappa shape index (κ1) is 16.5. The molecule has 1 heterocycles. The number of halogens is 2. The van der Waals surface area contributed by atoms with Gasteiger partial charge < -0.3 is 9.84 Å². The fraction of sp³-hybridized carbons (Fsp3) is 0.417. The second-order valence-electron chi connectivity index (χ2n) is 4.44. The summed E-state index contributed by atoms with van der Waals surface area (Å²) in [5.41, 5.74) is -0.339. The van der Waals surface area contributed by atoms with Crippen molar-refractivity contribution in [3.63, 3.8) is 0 Å². The van der Waals surface area contributed by atoms with E-state index in [0.717, 1.165) is 12.1 Å². The van der Waals surface area contributed by atoms with Crippen LogP contribution >= 0.6 is 23.2 Å². The van der Waals surface area contributed by atoms with Gasteiger partial charge in [0.25, 0.3) is 0 Å². The third-order valence-corrected chi connectivity index (χ3v) is 5.69. The first-order valence-electron chi connectivity index (χ1n) is 6.14. The number of carboxylic acid groups (broad SMARTS) is 1. The Morgan fingerprint density at radius 2 is 1.95 bits per heavy atom. The van der Waals surface area contributed by atoms with Crippen LogP contribution in [0.15, 0.2) is 17.0 Å². The topological polar surface area (TPSA) is 83.9 Å². The molecule has 1 aliphatic heterocycles. The Morgan fingerprint density at radius 3 is 2.62 bits per heavy atom. The number of benzene rings is 1. The highest BCUT2D eigenvalue weighted by Crippen LogP contribution is 2.31. The van der Waals surface area contributed by atoms with E-state index in [1.54, 1.807) is 0 Å². The third-order valence-electron chi connectivity index (χ3n) is 3.03. The first-order chi connectivity index (χ1) is 9.84. The molecule has 1 aromatic rings. The van der Waals surface area contributed by atoms with Crippen molar-refractivity contribution in [3.8, 4) is 0 Å². The van der Waals surface area contributed by atoms with E-state index in [1.165, 1.54) is 4.31 Å². The SMILES string of the molecule is O=C(O)c1cc(Cl)cc(S(=O)(=O)N2CCCOCC2)c1Cl. The molecule has 0 spiro atoms. The van der Waals surface area contributed by atoms with E-state index in [-0.39, 0.29) is 40.2 Å². The van der Waals surface area contributed by atoms with E-state index in [0.29, 0.717) is 13.0 Å². The maximum atomic E-state index is 12.6. The first-order valence-corrected chi connectivity index (χ1v) is 8.34. The standard InChI is InChI=1S/C12H13Cl2NO5S/c13-8-6-9(12(16)17)11(14)10(7-8)21(18,19)15-2-1-4-20-5-3-15/h6-7H,1-5H2,(H,16,17). The summed E-state index contributed by atoms with van der Waals surface area (Å²) in [7, 11) is -3.92. The van der Waals surface area contributed by atoms with Crippen LogP contribution in [0.2, 0.25) is 10.0 Å². The van der Waals surface area contributed by atoms with E-state index >= 15 is 0 Å². The van der Waals surface area contributed by atoms with E-state index < -0.39 is 16.0 Å². The number of nitrogens with zero attached hydrogens (tertiary/aromatic N) is 1. The summed E-state index contributed by atoms with van der Waals surface area (Å²) in [6.07, 6.45) is 0.559. The van der Waals surface area contributed by atoms with Crippen LogP contribution in [-0.4, -0.2) is 50.1 Å². The van der Waals surface area contributed by atoms with E-state index in [4.69, 9.17) is 33.0 Å². The van der Waals surface area contributed by atoms with Crippen molar-refractivity contribution in [1.29, 1.82) is 0 Å². The minimum atomic E-state index is -3.92. The zero-order valence-corrected chi connectivity index (χ0v) is 13.2. The molecule has 0 unspecified atom stereocenters. The lowest BCUT2D eigenvalue weighted by Crippen LogP contribution is -2.33. The number of carbonyl (C=O) groups is 1. The second kappa shape index (κ2) is 6.50. The van der Waals surface area contributed by atoms with E-state index in [9.17, 15) is 13.2 Å². The lowest BCUT2D eigenvalue weighted by atomic mass is 10.2. The maximum absolute atomic E-state index is 12.6. The Labute approximate surface area is 132 Å². The van der Waals surface area contributed by atoms with E-state index in [2.05, 4.69) is 0 Å². The van der Waals surface area contributed by atoms with Crippen molar-refractivity contribution in [2.75, 3.05) is 26.3 Å². The molecule has 1 saturated heterocycles. The predicted molar refractivity (Wildman–Crippen MR) is 77.6 cm³/mol. The van der Waals surface area contributed by atoms with Gasteiger partial charge >= 0.3 is 5.97 Å². The van der Waals surface area contributed by atoms with Crippen molar-refractivity contribution in [2.24, 2.45) is 0 Å². The number of aromatic carboxylic acids is 1. The van der Waals surface area contributed by atoms with E-state index in [1.807, 2.05) is 0 Å². The molecule has 116 valence electrons. The average Bonchev–Trinajstić information content (AvgIpc) is 2.70. The van der Waals surface area contributed by atoms with Crippen molar-refractivity contribution < 1.29 is 23.1 Å². The van der Waals surface area contributed by atoms with Gasteiger partial charge in [-0.2, -0.15) is 4.31 Å². The van der Waals surface area contributed by atoms with Gasteiger partial charge in [-0.25, -0.2) is 13.2 Å². The molecule has 0 amide bonds. The molecule has 21 heavy (non-hydrogen) atoms. The van der Waals surface area contributed by atoms with Crippen LogP contribution in [0.25, 0.3) is 0 Å². The molecule has 0 bridgehead atoms. The molecule has 0 aromatic heterocycles. The zero-order chi connectivity index (χ0) is 15.6.